The molecule has 1 N–H and O–H groups in total. The Kier molecular flexibility index (Phi) is 7.19. The summed E-state index contributed by atoms with van der Waals surface area (Å²) in [6.45, 7) is 5.40. The quantitative estimate of drug-likeness (QED) is 0.750. The summed E-state index contributed by atoms with van der Waals surface area (Å²) in [5, 5.41) is 3.49. The molecule has 0 radical (unpaired) electrons. The van der Waals surface area contributed by atoms with Crippen molar-refractivity contribution >= 4 is 35.2 Å². The number of amides is 3. The molecule has 8 nitrogen and oxygen atoms in total. The molecule has 0 spiro atoms. The molecule has 2 fully saturated rings. The van der Waals surface area contributed by atoms with Crippen molar-refractivity contribution in [3.05, 3.63) is 29.3 Å². The van der Waals surface area contributed by atoms with E-state index in [1.54, 1.807) is 16.7 Å². The maximum absolute atomic E-state index is 12.5. The molecule has 2 heterocycles. The monoisotopic (exact) mass is 422 g/mol. The summed E-state index contributed by atoms with van der Waals surface area (Å²) in [6.07, 6.45) is 0.895. The first-order valence-corrected chi connectivity index (χ1v) is 10.4. The molecular formula is C20H27ClN4O4. The van der Waals surface area contributed by atoms with Gasteiger partial charge in [0, 0.05) is 56.0 Å². The van der Waals surface area contributed by atoms with Gasteiger partial charge in [-0.15, -0.1) is 0 Å². The SMILES string of the molecule is CCOC(=O)N1CCC(NC(=O)C(=O)N2CCN(c3cccc(Cl)c3)CC2)CC1. The van der Waals surface area contributed by atoms with Crippen molar-refractivity contribution < 1.29 is 19.1 Å². The fraction of sp³-hybridized carbons (Fsp3) is 0.550. The first kappa shape index (κ1) is 21.2. The topological polar surface area (TPSA) is 82.2 Å². The number of piperazine rings is 1. The molecule has 0 aliphatic carbocycles. The van der Waals surface area contributed by atoms with E-state index in [1.165, 1.54) is 0 Å². The molecule has 0 saturated carbocycles. The molecule has 2 saturated heterocycles. The first-order chi connectivity index (χ1) is 14.0. The lowest BCUT2D eigenvalue weighted by atomic mass is 10.1. The third-order valence-corrected chi connectivity index (χ3v) is 5.53. The van der Waals surface area contributed by atoms with E-state index in [4.69, 9.17) is 16.3 Å². The van der Waals surface area contributed by atoms with E-state index in [9.17, 15) is 14.4 Å². The van der Waals surface area contributed by atoms with Crippen LogP contribution in [0.15, 0.2) is 24.3 Å². The summed E-state index contributed by atoms with van der Waals surface area (Å²) in [5.41, 5.74) is 1.02. The van der Waals surface area contributed by atoms with Gasteiger partial charge in [0.15, 0.2) is 0 Å². The van der Waals surface area contributed by atoms with E-state index in [1.807, 2.05) is 24.3 Å². The number of halogens is 1. The highest BCUT2D eigenvalue weighted by Gasteiger charge is 2.30. The highest BCUT2D eigenvalue weighted by atomic mass is 35.5. The Balaban J connectivity index is 1.43. The number of nitrogens with one attached hydrogen (secondary N) is 1. The molecular weight excluding hydrogens is 396 g/mol. The van der Waals surface area contributed by atoms with Crippen LogP contribution in [0.4, 0.5) is 10.5 Å². The van der Waals surface area contributed by atoms with Crippen LogP contribution in [-0.2, 0) is 14.3 Å². The van der Waals surface area contributed by atoms with Gasteiger partial charge >= 0.3 is 17.9 Å². The summed E-state index contributed by atoms with van der Waals surface area (Å²) >= 11 is 6.05. The molecule has 0 aromatic heterocycles. The Morgan fingerprint density at radius 2 is 1.76 bits per heavy atom. The van der Waals surface area contributed by atoms with Gasteiger partial charge in [0.2, 0.25) is 0 Å². The number of hydrogen-bond acceptors (Lipinski definition) is 5. The van der Waals surface area contributed by atoms with Crippen molar-refractivity contribution in [3.63, 3.8) is 0 Å². The van der Waals surface area contributed by atoms with Crippen molar-refractivity contribution in [1.82, 2.24) is 15.1 Å². The zero-order valence-electron chi connectivity index (χ0n) is 16.6. The minimum Gasteiger partial charge on any atom is -0.450 e. The average Bonchev–Trinajstić information content (AvgIpc) is 2.74. The number of anilines is 1. The van der Waals surface area contributed by atoms with Crippen molar-refractivity contribution in [2.45, 2.75) is 25.8 Å². The van der Waals surface area contributed by atoms with Crippen molar-refractivity contribution in [3.8, 4) is 0 Å². The molecule has 0 atom stereocenters. The van der Waals surface area contributed by atoms with Crippen LogP contribution in [0.25, 0.3) is 0 Å². The summed E-state index contributed by atoms with van der Waals surface area (Å²) in [6, 6.07) is 7.50. The molecule has 9 heteroatoms. The Morgan fingerprint density at radius 1 is 1.07 bits per heavy atom. The van der Waals surface area contributed by atoms with Crippen LogP contribution in [0.2, 0.25) is 5.02 Å². The molecule has 2 aliphatic rings. The lowest BCUT2D eigenvalue weighted by Gasteiger charge is -2.36. The molecule has 2 aliphatic heterocycles. The highest BCUT2D eigenvalue weighted by molar-refractivity contribution is 6.35. The normalized spacial score (nSPS) is 17.8. The van der Waals surface area contributed by atoms with Gasteiger partial charge in [-0.3, -0.25) is 9.59 Å². The van der Waals surface area contributed by atoms with Crippen LogP contribution in [0.1, 0.15) is 19.8 Å². The van der Waals surface area contributed by atoms with Crippen LogP contribution >= 0.6 is 11.6 Å². The Hall–Kier alpha value is -2.48. The van der Waals surface area contributed by atoms with E-state index in [2.05, 4.69) is 10.2 Å². The van der Waals surface area contributed by atoms with Gasteiger partial charge < -0.3 is 24.8 Å². The number of benzene rings is 1. The number of carbonyl (C=O) groups is 3. The first-order valence-electron chi connectivity index (χ1n) is 10.00. The number of ether oxygens (including phenoxy) is 1. The van der Waals surface area contributed by atoms with E-state index in [0.29, 0.717) is 63.7 Å². The smallest absolute Gasteiger partial charge is 0.409 e. The van der Waals surface area contributed by atoms with Crippen molar-refractivity contribution in [2.75, 3.05) is 50.8 Å². The molecule has 3 rings (SSSR count). The van der Waals surface area contributed by atoms with Crippen LogP contribution in [0.5, 0.6) is 0 Å². The number of rotatable bonds is 3. The van der Waals surface area contributed by atoms with Gasteiger partial charge in [0.1, 0.15) is 0 Å². The summed E-state index contributed by atoms with van der Waals surface area (Å²) < 4.78 is 4.99. The number of nitrogens with zero attached hydrogens (tertiary/aromatic N) is 3. The molecule has 0 unspecified atom stereocenters. The average molecular weight is 423 g/mol. The van der Waals surface area contributed by atoms with Crippen LogP contribution < -0.4 is 10.2 Å². The molecule has 1 aromatic carbocycles. The van der Waals surface area contributed by atoms with Gasteiger partial charge in [0.25, 0.3) is 0 Å². The van der Waals surface area contributed by atoms with Crippen LogP contribution in [0.3, 0.4) is 0 Å². The zero-order chi connectivity index (χ0) is 20.8. The lowest BCUT2D eigenvalue weighted by Crippen LogP contribution is -2.55. The van der Waals surface area contributed by atoms with Crippen molar-refractivity contribution in [1.29, 1.82) is 0 Å². The van der Waals surface area contributed by atoms with Crippen LogP contribution in [0, 0.1) is 0 Å². The highest BCUT2D eigenvalue weighted by Crippen LogP contribution is 2.21. The second kappa shape index (κ2) is 9.82. The van der Waals surface area contributed by atoms with Gasteiger partial charge in [-0.05, 0) is 38.0 Å². The predicted molar refractivity (Wildman–Crippen MR) is 110 cm³/mol. The van der Waals surface area contributed by atoms with Gasteiger partial charge in [-0.25, -0.2) is 4.79 Å². The fourth-order valence-electron chi connectivity index (χ4n) is 3.65. The third kappa shape index (κ3) is 5.53. The summed E-state index contributed by atoms with van der Waals surface area (Å²) in [4.78, 5) is 42.0. The molecule has 0 bridgehead atoms. The minimum absolute atomic E-state index is 0.107. The standard InChI is InChI=1S/C20H27ClN4O4/c1-2-29-20(28)25-8-6-16(7-9-25)22-18(26)19(27)24-12-10-23(11-13-24)17-5-3-4-15(21)14-17/h3-5,14,16H,2,6-13H2,1H3,(H,22,26). The Morgan fingerprint density at radius 3 is 2.38 bits per heavy atom. The largest absolute Gasteiger partial charge is 0.450 e. The zero-order valence-corrected chi connectivity index (χ0v) is 17.4. The second-order valence-electron chi connectivity index (χ2n) is 7.19. The molecule has 29 heavy (non-hydrogen) atoms. The van der Waals surface area contributed by atoms with Gasteiger partial charge in [0.05, 0.1) is 6.61 Å². The minimum atomic E-state index is -0.573. The molecule has 1 aromatic rings. The lowest BCUT2D eigenvalue weighted by molar-refractivity contribution is -0.146. The number of piperidine rings is 1. The van der Waals surface area contributed by atoms with E-state index in [-0.39, 0.29) is 12.1 Å². The Bertz CT molecular complexity index is 744. The molecule has 3 amide bonds. The van der Waals surface area contributed by atoms with Crippen molar-refractivity contribution in [2.24, 2.45) is 0 Å². The van der Waals surface area contributed by atoms with Gasteiger partial charge in [-0.1, -0.05) is 17.7 Å². The summed E-state index contributed by atoms with van der Waals surface area (Å²) in [5.74, 6) is -1.07. The second-order valence-corrected chi connectivity index (χ2v) is 7.63. The van der Waals surface area contributed by atoms with E-state index in [0.717, 1.165) is 5.69 Å². The third-order valence-electron chi connectivity index (χ3n) is 5.29. The maximum Gasteiger partial charge on any atom is 0.409 e. The fourth-order valence-corrected chi connectivity index (χ4v) is 3.84. The molecule has 158 valence electrons. The predicted octanol–water partition coefficient (Wildman–Crippen LogP) is 1.73. The summed E-state index contributed by atoms with van der Waals surface area (Å²) in [7, 11) is 0. The van der Waals surface area contributed by atoms with Crippen LogP contribution in [-0.4, -0.2) is 79.6 Å². The maximum atomic E-state index is 12.5. The van der Waals surface area contributed by atoms with E-state index < -0.39 is 11.8 Å². The van der Waals surface area contributed by atoms with Gasteiger partial charge in [-0.2, -0.15) is 0 Å². The number of hydrogen-bond donors (Lipinski definition) is 1. The van der Waals surface area contributed by atoms with E-state index >= 15 is 0 Å². The number of carbonyl (C=O) groups excluding carboxylic acids is 3. The Labute approximate surface area is 175 Å². The number of likely N-dealkylation sites (tertiary alicyclic amines) is 1.